The smallest absolute Gasteiger partial charge is 0.306 e. The molecule has 0 saturated heterocycles. The number of ether oxygens (including phenoxy) is 3. The van der Waals surface area contributed by atoms with Crippen LogP contribution in [-0.2, 0) is 28.6 Å². The Kier molecular flexibility index (Phi) is 59.2. The highest BCUT2D eigenvalue weighted by atomic mass is 16.6. The number of hydrogen-bond acceptors (Lipinski definition) is 6. The van der Waals surface area contributed by atoms with Crippen LogP contribution in [0.4, 0.5) is 0 Å². The number of unbranched alkanes of at least 4 members (excludes halogenated alkanes) is 37. The van der Waals surface area contributed by atoms with Crippen LogP contribution in [0.3, 0.4) is 0 Å². The molecule has 0 N–H and O–H groups in total. The Bertz CT molecular complexity index is 1310. The van der Waals surface area contributed by atoms with Crippen molar-refractivity contribution in [3.05, 3.63) is 60.8 Å². The number of allylic oxidation sites excluding steroid dienone is 10. The van der Waals surface area contributed by atoms with Crippen LogP contribution in [0.25, 0.3) is 0 Å². The van der Waals surface area contributed by atoms with Crippen molar-refractivity contribution in [3.8, 4) is 0 Å². The van der Waals surface area contributed by atoms with Crippen molar-refractivity contribution < 1.29 is 28.6 Å². The molecule has 0 amide bonds. The van der Waals surface area contributed by atoms with Crippen LogP contribution in [0.15, 0.2) is 60.8 Å². The van der Waals surface area contributed by atoms with Gasteiger partial charge in [0.15, 0.2) is 6.10 Å². The molecule has 1 atom stereocenters. The van der Waals surface area contributed by atoms with Gasteiger partial charge in [-0.25, -0.2) is 0 Å². The van der Waals surface area contributed by atoms with Gasteiger partial charge in [0, 0.05) is 19.3 Å². The van der Waals surface area contributed by atoms with E-state index in [1.54, 1.807) is 0 Å². The van der Waals surface area contributed by atoms with E-state index in [2.05, 4.69) is 81.5 Å². The van der Waals surface area contributed by atoms with Gasteiger partial charge in [0.25, 0.3) is 0 Å². The van der Waals surface area contributed by atoms with Gasteiger partial charge in [-0.3, -0.25) is 14.4 Å². The maximum atomic E-state index is 12.9. The highest BCUT2D eigenvalue weighted by molar-refractivity contribution is 5.71. The lowest BCUT2D eigenvalue weighted by molar-refractivity contribution is -0.167. The molecule has 0 aliphatic heterocycles. The molecule has 0 spiro atoms. The van der Waals surface area contributed by atoms with Crippen LogP contribution in [0.2, 0.25) is 0 Å². The minimum absolute atomic E-state index is 0.0793. The molecule has 0 fully saturated rings. The van der Waals surface area contributed by atoms with Crippen molar-refractivity contribution in [2.24, 2.45) is 0 Å². The van der Waals surface area contributed by atoms with Gasteiger partial charge in [0.2, 0.25) is 0 Å². The fourth-order valence-corrected chi connectivity index (χ4v) is 9.15. The topological polar surface area (TPSA) is 78.9 Å². The van der Waals surface area contributed by atoms with E-state index in [0.717, 1.165) is 89.9 Å². The van der Waals surface area contributed by atoms with Crippen molar-refractivity contribution in [2.45, 2.75) is 335 Å². The van der Waals surface area contributed by atoms with E-state index >= 15 is 0 Å². The molecule has 0 rings (SSSR count). The lowest BCUT2D eigenvalue weighted by Crippen LogP contribution is -2.30. The first-order chi connectivity index (χ1) is 36.0. The maximum absolute atomic E-state index is 12.9. The average molecular weight is 1020 g/mol. The number of hydrogen-bond donors (Lipinski definition) is 0. The molecular formula is C67H120O6. The van der Waals surface area contributed by atoms with Gasteiger partial charge in [0.1, 0.15) is 13.2 Å². The summed E-state index contributed by atoms with van der Waals surface area (Å²) in [6.45, 7) is 6.63. The molecule has 0 aromatic carbocycles. The van der Waals surface area contributed by atoms with Gasteiger partial charge in [-0.1, -0.05) is 261 Å². The normalized spacial score (nSPS) is 12.4. The second kappa shape index (κ2) is 61.7. The second-order valence-corrected chi connectivity index (χ2v) is 21.3. The molecule has 6 nitrogen and oxygen atoms in total. The fourth-order valence-electron chi connectivity index (χ4n) is 9.15. The minimum atomic E-state index is -0.782. The third-order valence-electron chi connectivity index (χ3n) is 14.0. The summed E-state index contributed by atoms with van der Waals surface area (Å²) >= 11 is 0. The van der Waals surface area contributed by atoms with Gasteiger partial charge in [-0.05, 0) is 109 Å². The van der Waals surface area contributed by atoms with Crippen molar-refractivity contribution in [1.82, 2.24) is 0 Å². The lowest BCUT2D eigenvalue weighted by atomic mass is 10.0. The molecule has 0 aliphatic carbocycles. The summed E-state index contributed by atoms with van der Waals surface area (Å²) in [5.41, 5.74) is 0. The van der Waals surface area contributed by atoms with E-state index in [1.165, 1.54) is 199 Å². The van der Waals surface area contributed by atoms with Crippen LogP contribution in [0.1, 0.15) is 329 Å². The largest absolute Gasteiger partial charge is 0.462 e. The quantitative estimate of drug-likeness (QED) is 0.0261. The summed E-state index contributed by atoms with van der Waals surface area (Å²) < 4.78 is 16.9. The number of rotatable bonds is 58. The predicted octanol–water partition coefficient (Wildman–Crippen LogP) is 21.6. The second-order valence-electron chi connectivity index (χ2n) is 21.3. The van der Waals surface area contributed by atoms with Gasteiger partial charge >= 0.3 is 17.9 Å². The zero-order valence-corrected chi connectivity index (χ0v) is 48.7. The van der Waals surface area contributed by atoms with E-state index in [9.17, 15) is 14.4 Å². The van der Waals surface area contributed by atoms with Crippen LogP contribution in [-0.4, -0.2) is 37.2 Å². The van der Waals surface area contributed by atoms with E-state index in [4.69, 9.17) is 14.2 Å². The Hall–Kier alpha value is -2.89. The summed E-state index contributed by atoms with van der Waals surface area (Å²) in [6, 6.07) is 0. The standard InChI is InChI=1S/C67H120O6/c1-4-7-10-13-16-19-22-25-27-28-29-30-31-32-33-34-35-36-37-38-40-42-45-48-51-54-57-60-66(69)72-63-64(62-71-65(68)59-56-53-50-47-44-41-24-21-18-15-12-9-6-3)73-67(70)61-58-55-52-49-46-43-39-26-23-20-17-14-11-8-5-2/h21-22,24-26,28-29,31-32,39,64H,4-20,23,27,30,33-38,40-63H2,1-3H3/b24-21-,25-22-,29-28-,32-31-,39-26-. The van der Waals surface area contributed by atoms with E-state index in [1.807, 2.05) is 0 Å². The number of carbonyl (C=O) groups is 3. The molecule has 73 heavy (non-hydrogen) atoms. The number of esters is 3. The summed E-state index contributed by atoms with van der Waals surface area (Å²) in [5, 5.41) is 0. The van der Waals surface area contributed by atoms with Gasteiger partial charge in [-0.15, -0.1) is 0 Å². The summed E-state index contributed by atoms with van der Waals surface area (Å²) in [5.74, 6) is -0.884. The van der Waals surface area contributed by atoms with E-state index < -0.39 is 6.10 Å². The molecule has 0 aromatic heterocycles. The van der Waals surface area contributed by atoms with Crippen LogP contribution >= 0.6 is 0 Å². The molecule has 424 valence electrons. The molecule has 1 unspecified atom stereocenters. The monoisotopic (exact) mass is 1020 g/mol. The predicted molar refractivity (Wildman–Crippen MR) is 316 cm³/mol. The Morgan fingerprint density at radius 1 is 0.274 bits per heavy atom. The molecule has 6 heteroatoms. The minimum Gasteiger partial charge on any atom is -0.462 e. The van der Waals surface area contributed by atoms with Gasteiger partial charge in [-0.2, -0.15) is 0 Å². The highest BCUT2D eigenvalue weighted by Gasteiger charge is 2.19. The van der Waals surface area contributed by atoms with Crippen LogP contribution in [0.5, 0.6) is 0 Å². The molecule has 0 radical (unpaired) electrons. The van der Waals surface area contributed by atoms with Crippen LogP contribution < -0.4 is 0 Å². The SMILES string of the molecule is CCCCCC/C=C\CCCCCCCC(=O)OCC(COC(=O)CCCCCCCCCCCCCC/C=C\C/C=C\C/C=C\CCCCCCC)OC(=O)CCCCCCC/C=C\CCCCCCCC. The maximum Gasteiger partial charge on any atom is 0.306 e. The van der Waals surface area contributed by atoms with E-state index in [-0.39, 0.29) is 31.1 Å². The van der Waals surface area contributed by atoms with Crippen molar-refractivity contribution in [2.75, 3.05) is 13.2 Å². The highest BCUT2D eigenvalue weighted by Crippen LogP contribution is 2.16. The van der Waals surface area contributed by atoms with Gasteiger partial charge in [0.05, 0.1) is 0 Å². The van der Waals surface area contributed by atoms with Crippen molar-refractivity contribution in [1.29, 1.82) is 0 Å². The Morgan fingerprint density at radius 3 is 0.795 bits per heavy atom. The molecule has 0 aromatic rings. The van der Waals surface area contributed by atoms with Crippen LogP contribution in [0, 0.1) is 0 Å². The van der Waals surface area contributed by atoms with Crippen molar-refractivity contribution >= 4 is 17.9 Å². The molecule has 0 heterocycles. The van der Waals surface area contributed by atoms with Crippen molar-refractivity contribution in [3.63, 3.8) is 0 Å². The fraction of sp³-hybridized carbons (Fsp3) is 0.806. The Balaban J connectivity index is 4.25. The first kappa shape index (κ1) is 70.1. The molecule has 0 saturated carbocycles. The first-order valence-corrected chi connectivity index (χ1v) is 31.8. The Morgan fingerprint density at radius 2 is 0.493 bits per heavy atom. The van der Waals surface area contributed by atoms with E-state index in [0.29, 0.717) is 19.3 Å². The summed E-state index contributed by atoms with van der Waals surface area (Å²) in [6.07, 6.45) is 78.0. The third-order valence-corrected chi connectivity index (χ3v) is 14.0. The first-order valence-electron chi connectivity index (χ1n) is 31.8. The Labute approximate surface area is 453 Å². The third kappa shape index (κ3) is 59.9. The molecule has 0 aliphatic rings. The molecule has 0 bridgehead atoms. The summed E-state index contributed by atoms with van der Waals surface area (Å²) in [4.78, 5) is 38.2. The molecular weight excluding hydrogens is 901 g/mol. The van der Waals surface area contributed by atoms with Gasteiger partial charge < -0.3 is 14.2 Å². The zero-order valence-electron chi connectivity index (χ0n) is 48.7. The lowest BCUT2D eigenvalue weighted by Gasteiger charge is -2.18. The zero-order chi connectivity index (χ0) is 52.9. The summed E-state index contributed by atoms with van der Waals surface area (Å²) in [7, 11) is 0. The average Bonchev–Trinajstić information content (AvgIpc) is 3.39. The number of carbonyl (C=O) groups excluding carboxylic acids is 3.